The molecule has 0 bridgehead atoms. The van der Waals surface area contributed by atoms with Gasteiger partial charge in [0.05, 0.1) is 0 Å². The number of aromatic nitrogens is 1. The molecule has 0 unspecified atom stereocenters. The van der Waals surface area contributed by atoms with Gasteiger partial charge in [-0.3, -0.25) is 4.98 Å². The van der Waals surface area contributed by atoms with Gasteiger partial charge >= 0.3 is 5.97 Å². The lowest BCUT2D eigenvalue weighted by atomic mass is 10.2. The molecule has 0 atom stereocenters. The minimum atomic E-state index is -1.03. The zero-order chi connectivity index (χ0) is 10.4. The summed E-state index contributed by atoms with van der Waals surface area (Å²) in [5.41, 5.74) is 0.0806. The second-order valence-electron chi connectivity index (χ2n) is 2.56. The Balaban J connectivity index is 2.79. The van der Waals surface area contributed by atoms with Crippen molar-refractivity contribution in [2.45, 2.75) is 6.92 Å². The number of pyridine rings is 1. The Morgan fingerprint density at radius 1 is 1.71 bits per heavy atom. The van der Waals surface area contributed by atoms with Gasteiger partial charge in [0.2, 0.25) is 0 Å². The van der Waals surface area contributed by atoms with Gasteiger partial charge in [-0.25, -0.2) is 4.79 Å². The number of carboxylic acids is 1. The normalized spacial score (nSPS) is 10.4. The predicted molar refractivity (Wildman–Crippen MR) is 51.5 cm³/mol. The monoisotopic (exact) mass is 193 g/mol. The first-order valence-corrected chi connectivity index (χ1v) is 4.17. The molecule has 1 heterocycles. The smallest absolute Gasteiger partial charge is 0.341 e. The van der Waals surface area contributed by atoms with E-state index >= 15 is 0 Å². The first-order valence-electron chi connectivity index (χ1n) is 4.17. The summed E-state index contributed by atoms with van der Waals surface area (Å²) in [6.45, 7) is 2.23. The van der Waals surface area contributed by atoms with E-state index < -0.39 is 5.97 Å². The molecule has 1 aromatic rings. The van der Waals surface area contributed by atoms with Crippen molar-refractivity contribution >= 4 is 5.97 Å². The molecule has 0 saturated carbocycles. The average molecular weight is 193 g/mol. The molecule has 0 spiro atoms. The number of aromatic carboxylic acids is 1. The van der Waals surface area contributed by atoms with Crippen LogP contribution in [0.1, 0.15) is 17.3 Å². The third-order valence-electron chi connectivity index (χ3n) is 1.58. The minimum Gasteiger partial charge on any atom is -0.489 e. The summed E-state index contributed by atoms with van der Waals surface area (Å²) in [7, 11) is 0. The topological polar surface area (TPSA) is 59.4 Å². The first-order chi connectivity index (χ1) is 6.75. The Labute approximate surface area is 81.9 Å². The number of hydrogen-bond acceptors (Lipinski definition) is 3. The number of carbonyl (C=O) groups is 1. The zero-order valence-corrected chi connectivity index (χ0v) is 7.80. The Hall–Kier alpha value is -1.84. The van der Waals surface area contributed by atoms with Crippen molar-refractivity contribution < 1.29 is 14.6 Å². The number of rotatable bonds is 4. The maximum absolute atomic E-state index is 10.7. The summed E-state index contributed by atoms with van der Waals surface area (Å²) in [6.07, 6.45) is 6.40. The summed E-state index contributed by atoms with van der Waals surface area (Å²) in [6, 6.07) is 1.53. The van der Waals surface area contributed by atoms with Gasteiger partial charge in [-0.2, -0.15) is 0 Å². The van der Waals surface area contributed by atoms with E-state index in [4.69, 9.17) is 9.84 Å². The summed E-state index contributed by atoms with van der Waals surface area (Å²) in [5, 5.41) is 8.78. The number of allylic oxidation sites excluding steroid dienone is 1. The van der Waals surface area contributed by atoms with Crippen LogP contribution < -0.4 is 4.74 Å². The van der Waals surface area contributed by atoms with Crippen LogP contribution in [-0.2, 0) is 0 Å². The zero-order valence-electron chi connectivity index (χ0n) is 7.80. The van der Waals surface area contributed by atoms with E-state index in [1.165, 1.54) is 18.5 Å². The maximum Gasteiger partial charge on any atom is 0.341 e. The van der Waals surface area contributed by atoms with E-state index in [1.54, 1.807) is 6.08 Å². The van der Waals surface area contributed by atoms with Gasteiger partial charge in [0.15, 0.2) is 0 Å². The average Bonchev–Trinajstić information content (AvgIpc) is 2.19. The standard InChI is InChI=1S/C10H11NO3/c1-2-3-6-14-9-4-5-11-7-8(9)10(12)13/h2-5,7H,6H2,1H3,(H,12,13)/b3-2+. The lowest BCUT2D eigenvalue weighted by molar-refractivity contribution is 0.0692. The third-order valence-corrected chi connectivity index (χ3v) is 1.58. The quantitative estimate of drug-likeness (QED) is 0.740. The minimum absolute atomic E-state index is 0.0806. The molecular formula is C10H11NO3. The molecule has 1 rings (SSSR count). The predicted octanol–water partition coefficient (Wildman–Crippen LogP) is 1.73. The van der Waals surface area contributed by atoms with Gasteiger partial charge in [-0.15, -0.1) is 0 Å². The number of carboxylic acid groups (broad SMARTS) is 1. The van der Waals surface area contributed by atoms with Crippen molar-refractivity contribution in [1.29, 1.82) is 0 Å². The molecular weight excluding hydrogens is 182 g/mol. The molecule has 0 aliphatic carbocycles. The summed E-state index contributed by atoms with van der Waals surface area (Å²) in [4.78, 5) is 14.4. The highest BCUT2D eigenvalue weighted by Crippen LogP contribution is 2.16. The van der Waals surface area contributed by atoms with Crippen LogP contribution in [0.15, 0.2) is 30.6 Å². The van der Waals surface area contributed by atoms with Crippen LogP contribution in [0.25, 0.3) is 0 Å². The van der Waals surface area contributed by atoms with Crippen LogP contribution in [0.5, 0.6) is 5.75 Å². The fraction of sp³-hybridized carbons (Fsp3) is 0.200. The molecule has 0 fully saturated rings. The van der Waals surface area contributed by atoms with Gasteiger partial charge in [0, 0.05) is 12.4 Å². The van der Waals surface area contributed by atoms with E-state index in [0.717, 1.165) is 0 Å². The second-order valence-corrected chi connectivity index (χ2v) is 2.56. The third kappa shape index (κ3) is 2.58. The van der Waals surface area contributed by atoms with Crippen molar-refractivity contribution in [3.05, 3.63) is 36.2 Å². The van der Waals surface area contributed by atoms with E-state index in [2.05, 4.69) is 4.98 Å². The molecule has 14 heavy (non-hydrogen) atoms. The van der Waals surface area contributed by atoms with Gasteiger partial charge < -0.3 is 9.84 Å². The molecule has 0 amide bonds. The molecule has 1 N–H and O–H groups in total. The molecule has 0 aliphatic heterocycles. The second kappa shape index (κ2) is 5.01. The maximum atomic E-state index is 10.7. The molecule has 0 aliphatic rings. The lowest BCUT2D eigenvalue weighted by Gasteiger charge is -2.05. The van der Waals surface area contributed by atoms with Crippen molar-refractivity contribution in [2.75, 3.05) is 6.61 Å². The van der Waals surface area contributed by atoms with E-state index in [1.807, 2.05) is 13.0 Å². The Kier molecular flexibility index (Phi) is 3.67. The molecule has 0 radical (unpaired) electrons. The van der Waals surface area contributed by atoms with Crippen molar-refractivity contribution in [3.63, 3.8) is 0 Å². The fourth-order valence-electron chi connectivity index (χ4n) is 0.902. The Morgan fingerprint density at radius 2 is 2.50 bits per heavy atom. The van der Waals surface area contributed by atoms with Crippen LogP contribution in [0.3, 0.4) is 0 Å². The van der Waals surface area contributed by atoms with Crippen LogP contribution in [0.2, 0.25) is 0 Å². The highest BCUT2D eigenvalue weighted by atomic mass is 16.5. The van der Waals surface area contributed by atoms with Crippen LogP contribution in [0, 0.1) is 0 Å². The van der Waals surface area contributed by atoms with Gasteiger partial charge in [-0.05, 0) is 13.0 Å². The fourth-order valence-corrected chi connectivity index (χ4v) is 0.902. The summed E-state index contributed by atoms with van der Waals surface area (Å²) in [5.74, 6) is -0.695. The molecule has 0 aromatic carbocycles. The number of hydrogen-bond donors (Lipinski definition) is 1. The van der Waals surface area contributed by atoms with Crippen molar-refractivity contribution in [1.82, 2.24) is 4.98 Å². The Morgan fingerprint density at radius 3 is 3.14 bits per heavy atom. The summed E-state index contributed by atoms with van der Waals surface area (Å²) < 4.78 is 5.23. The van der Waals surface area contributed by atoms with Crippen LogP contribution >= 0.6 is 0 Å². The highest BCUT2D eigenvalue weighted by molar-refractivity contribution is 5.90. The van der Waals surface area contributed by atoms with E-state index in [-0.39, 0.29) is 5.56 Å². The number of ether oxygens (including phenoxy) is 1. The molecule has 4 nitrogen and oxygen atoms in total. The van der Waals surface area contributed by atoms with Crippen LogP contribution in [0.4, 0.5) is 0 Å². The molecule has 0 saturated heterocycles. The summed E-state index contributed by atoms with van der Waals surface area (Å²) >= 11 is 0. The molecule has 4 heteroatoms. The number of nitrogens with zero attached hydrogens (tertiary/aromatic N) is 1. The lowest BCUT2D eigenvalue weighted by Crippen LogP contribution is -2.03. The highest BCUT2D eigenvalue weighted by Gasteiger charge is 2.09. The molecule has 74 valence electrons. The SMILES string of the molecule is C/C=C/COc1ccncc1C(=O)O. The van der Waals surface area contributed by atoms with Gasteiger partial charge in [0.1, 0.15) is 17.9 Å². The van der Waals surface area contributed by atoms with Crippen molar-refractivity contribution in [2.24, 2.45) is 0 Å². The van der Waals surface area contributed by atoms with E-state index in [9.17, 15) is 4.79 Å². The van der Waals surface area contributed by atoms with Crippen LogP contribution in [-0.4, -0.2) is 22.7 Å². The van der Waals surface area contributed by atoms with Crippen molar-refractivity contribution in [3.8, 4) is 5.75 Å². The largest absolute Gasteiger partial charge is 0.489 e. The Bertz CT molecular complexity index is 347. The van der Waals surface area contributed by atoms with Gasteiger partial charge in [0.25, 0.3) is 0 Å². The molecule has 1 aromatic heterocycles. The first kappa shape index (κ1) is 10.2. The van der Waals surface area contributed by atoms with E-state index in [0.29, 0.717) is 12.4 Å². The van der Waals surface area contributed by atoms with Gasteiger partial charge in [-0.1, -0.05) is 12.2 Å².